The molecule has 1 N–H and O–H groups in total. The molecule has 1 aromatic rings. The molecule has 1 unspecified atom stereocenters. The van der Waals surface area contributed by atoms with Crippen molar-refractivity contribution < 1.29 is 4.74 Å². The monoisotopic (exact) mass is 293 g/mol. The molecule has 0 bridgehead atoms. The normalized spacial score (nSPS) is 21.8. The lowest BCUT2D eigenvalue weighted by molar-refractivity contribution is 0.242. The molecular formula is C17H27NOS. The highest BCUT2D eigenvalue weighted by atomic mass is 32.2. The second-order valence-electron chi connectivity index (χ2n) is 6.87. The Morgan fingerprint density at radius 1 is 1.35 bits per heavy atom. The van der Waals surface area contributed by atoms with E-state index in [1.54, 1.807) is 0 Å². The highest BCUT2D eigenvalue weighted by molar-refractivity contribution is 7.99. The fourth-order valence-corrected chi connectivity index (χ4v) is 3.99. The van der Waals surface area contributed by atoms with Crippen LogP contribution in [0.5, 0.6) is 5.75 Å². The van der Waals surface area contributed by atoms with Crippen molar-refractivity contribution in [2.75, 3.05) is 16.8 Å². The number of nitrogens with one attached hydrogen (secondary N) is 1. The zero-order valence-corrected chi connectivity index (χ0v) is 14.1. The molecule has 1 heterocycles. The summed E-state index contributed by atoms with van der Waals surface area (Å²) in [7, 11) is 0. The van der Waals surface area contributed by atoms with Gasteiger partial charge in [-0.05, 0) is 62.1 Å². The van der Waals surface area contributed by atoms with Gasteiger partial charge in [-0.15, -0.1) is 0 Å². The summed E-state index contributed by atoms with van der Waals surface area (Å²) in [5, 5.41) is 3.71. The smallest absolute Gasteiger partial charge is 0.120 e. The molecule has 112 valence electrons. The number of anilines is 1. The summed E-state index contributed by atoms with van der Waals surface area (Å²) in [6.07, 6.45) is 1.47. The van der Waals surface area contributed by atoms with Crippen molar-refractivity contribution in [1.82, 2.24) is 0 Å². The summed E-state index contributed by atoms with van der Waals surface area (Å²) in [6, 6.07) is 6.92. The maximum atomic E-state index is 5.74. The first kappa shape index (κ1) is 15.6. The van der Waals surface area contributed by atoms with Gasteiger partial charge in [0, 0.05) is 17.5 Å². The van der Waals surface area contributed by atoms with E-state index in [2.05, 4.69) is 69.9 Å². The third-order valence-electron chi connectivity index (χ3n) is 3.54. The number of hydrogen-bond donors (Lipinski definition) is 1. The molecule has 2 rings (SSSR count). The van der Waals surface area contributed by atoms with E-state index in [4.69, 9.17) is 4.74 Å². The van der Waals surface area contributed by atoms with Crippen LogP contribution in [-0.2, 0) is 0 Å². The van der Waals surface area contributed by atoms with Gasteiger partial charge in [0.1, 0.15) is 5.75 Å². The first-order valence-electron chi connectivity index (χ1n) is 7.47. The number of thioether (sulfide) groups is 1. The molecule has 1 aliphatic rings. The van der Waals surface area contributed by atoms with Crippen molar-refractivity contribution in [3.8, 4) is 5.75 Å². The van der Waals surface area contributed by atoms with E-state index in [1.807, 2.05) is 0 Å². The molecule has 20 heavy (non-hydrogen) atoms. The Balaban J connectivity index is 2.02. The van der Waals surface area contributed by atoms with Crippen LogP contribution in [0, 0.1) is 12.3 Å². The van der Waals surface area contributed by atoms with Gasteiger partial charge >= 0.3 is 0 Å². The summed E-state index contributed by atoms with van der Waals surface area (Å²) in [5.41, 5.74) is 2.94. The molecule has 0 aliphatic carbocycles. The molecule has 0 radical (unpaired) electrons. The molecule has 1 aromatic carbocycles. The number of rotatable bonds is 4. The Morgan fingerprint density at radius 2 is 2.10 bits per heavy atom. The van der Waals surface area contributed by atoms with E-state index in [1.165, 1.54) is 29.2 Å². The summed E-state index contributed by atoms with van der Waals surface area (Å²) < 4.78 is 5.74. The van der Waals surface area contributed by atoms with E-state index in [-0.39, 0.29) is 6.10 Å². The number of ether oxygens (including phenoxy) is 1. The molecule has 0 spiro atoms. The van der Waals surface area contributed by atoms with Gasteiger partial charge < -0.3 is 10.1 Å². The molecule has 1 fully saturated rings. The molecule has 3 heteroatoms. The lowest BCUT2D eigenvalue weighted by Crippen LogP contribution is -2.35. The summed E-state index contributed by atoms with van der Waals surface area (Å²) in [6.45, 7) is 11.0. The zero-order chi connectivity index (χ0) is 14.8. The van der Waals surface area contributed by atoms with Gasteiger partial charge in [0.05, 0.1) is 6.10 Å². The molecule has 1 aliphatic heterocycles. The molecular weight excluding hydrogens is 266 g/mol. The Bertz CT molecular complexity index is 456. The second kappa shape index (κ2) is 6.30. The maximum Gasteiger partial charge on any atom is 0.120 e. The minimum atomic E-state index is 0.226. The zero-order valence-electron chi connectivity index (χ0n) is 13.3. The lowest BCUT2D eigenvalue weighted by atomic mass is 9.87. The predicted molar refractivity (Wildman–Crippen MR) is 90.1 cm³/mol. The molecule has 2 nitrogen and oxygen atoms in total. The SMILES string of the molecule is Cc1cc(OC(C)C)ccc1NC1CSCC(C)(C)C1. The average Bonchev–Trinajstić information content (AvgIpc) is 2.30. The fraction of sp³-hybridized carbons (Fsp3) is 0.647. The van der Waals surface area contributed by atoms with Crippen LogP contribution >= 0.6 is 11.8 Å². The van der Waals surface area contributed by atoms with Crippen molar-refractivity contribution in [2.24, 2.45) is 5.41 Å². The largest absolute Gasteiger partial charge is 0.491 e. The van der Waals surface area contributed by atoms with Gasteiger partial charge in [-0.25, -0.2) is 0 Å². The molecule has 0 saturated carbocycles. The third kappa shape index (κ3) is 4.34. The van der Waals surface area contributed by atoms with Crippen molar-refractivity contribution >= 4 is 17.4 Å². The summed E-state index contributed by atoms with van der Waals surface area (Å²) >= 11 is 2.06. The standard InChI is InChI=1S/C17H27NOS/c1-12(2)19-15-6-7-16(13(3)8-15)18-14-9-17(4,5)11-20-10-14/h6-8,12,14,18H,9-11H2,1-5H3. The first-order chi connectivity index (χ1) is 9.35. The van der Waals surface area contributed by atoms with Crippen molar-refractivity contribution in [1.29, 1.82) is 0 Å². The minimum absolute atomic E-state index is 0.226. The van der Waals surface area contributed by atoms with E-state index in [0.717, 1.165) is 5.75 Å². The van der Waals surface area contributed by atoms with E-state index in [9.17, 15) is 0 Å². The van der Waals surface area contributed by atoms with Crippen LogP contribution in [0.4, 0.5) is 5.69 Å². The van der Waals surface area contributed by atoms with Crippen molar-refractivity contribution in [2.45, 2.75) is 53.2 Å². The van der Waals surface area contributed by atoms with E-state index in [0.29, 0.717) is 11.5 Å². The van der Waals surface area contributed by atoms with Crippen LogP contribution < -0.4 is 10.1 Å². The summed E-state index contributed by atoms with van der Waals surface area (Å²) in [4.78, 5) is 0. The number of aryl methyl sites for hydroxylation is 1. The molecule has 0 aromatic heterocycles. The quantitative estimate of drug-likeness (QED) is 0.867. The highest BCUT2D eigenvalue weighted by Crippen LogP contribution is 2.35. The van der Waals surface area contributed by atoms with E-state index >= 15 is 0 Å². The van der Waals surface area contributed by atoms with Crippen molar-refractivity contribution in [3.63, 3.8) is 0 Å². The van der Waals surface area contributed by atoms with Crippen LogP contribution in [0.2, 0.25) is 0 Å². The highest BCUT2D eigenvalue weighted by Gasteiger charge is 2.28. The van der Waals surface area contributed by atoms with Crippen LogP contribution in [0.15, 0.2) is 18.2 Å². The van der Waals surface area contributed by atoms with Gasteiger partial charge in [-0.1, -0.05) is 13.8 Å². The average molecular weight is 293 g/mol. The van der Waals surface area contributed by atoms with Crippen LogP contribution in [-0.4, -0.2) is 23.7 Å². The van der Waals surface area contributed by atoms with Gasteiger partial charge in [0.15, 0.2) is 0 Å². The second-order valence-corrected chi connectivity index (χ2v) is 7.90. The minimum Gasteiger partial charge on any atom is -0.491 e. The van der Waals surface area contributed by atoms with Crippen LogP contribution in [0.1, 0.15) is 39.7 Å². The first-order valence-corrected chi connectivity index (χ1v) is 8.63. The fourth-order valence-electron chi connectivity index (χ4n) is 2.72. The number of benzene rings is 1. The van der Waals surface area contributed by atoms with Crippen LogP contribution in [0.25, 0.3) is 0 Å². The Labute approximate surface area is 127 Å². The van der Waals surface area contributed by atoms with Gasteiger partial charge in [-0.3, -0.25) is 0 Å². The topological polar surface area (TPSA) is 21.3 Å². The molecule has 1 saturated heterocycles. The van der Waals surface area contributed by atoms with Crippen LogP contribution in [0.3, 0.4) is 0 Å². The number of hydrogen-bond acceptors (Lipinski definition) is 3. The Hall–Kier alpha value is -0.830. The van der Waals surface area contributed by atoms with E-state index < -0.39 is 0 Å². The molecule has 0 amide bonds. The van der Waals surface area contributed by atoms with Gasteiger partial charge in [-0.2, -0.15) is 11.8 Å². The Kier molecular flexibility index (Phi) is 4.90. The van der Waals surface area contributed by atoms with Gasteiger partial charge in [0.2, 0.25) is 0 Å². The maximum absolute atomic E-state index is 5.74. The van der Waals surface area contributed by atoms with Gasteiger partial charge in [0.25, 0.3) is 0 Å². The third-order valence-corrected chi connectivity index (χ3v) is 5.16. The predicted octanol–water partition coefficient (Wildman–Crippen LogP) is 4.73. The Morgan fingerprint density at radius 3 is 2.70 bits per heavy atom. The summed E-state index contributed by atoms with van der Waals surface area (Å²) in [5.74, 6) is 3.43. The lowest BCUT2D eigenvalue weighted by Gasteiger charge is -2.35. The molecule has 1 atom stereocenters. The van der Waals surface area contributed by atoms with Crippen molar-refractivity contribution in [3.05, 3.63) is 23.8 Å².